The first-order chi connectivity index (χ1) is 8.69. The molecule has 0 aromatic heterocycles. The first-order valence-corrected chi connectivity index (χ1v) is 7.32. The van der Waals surface area contributed by atoms with E-state index in [2.05, 4.69) is 53.7 Å². The maximum absolute atomic E-state index is 12.2. The summed E-state index contributed by atoms with van der Waals surface area (Å²) in [6, 6.07) is 8.10. The van der Waals surface area contributed by atoms with E-state index in [1.165, 1.54) is 5.56 Å². The minimum atomic E-state index is 0.270. The molecule has 106 valence electrons. The summed E-state index contributed by atoms with van der Waals surface area (Å²) in [6.45, 7) is 13.2. The first kappa shape index (κ1) is 15.9. The van der Waals surface area contributed by atoms with Crippen molar-refractivity contribution >= 4 is 5.78 Å². The average molecular weight is 260 g/mol. The molecule has 0 aliphatic heterocycles. The zero-order valence-corrected chi connectivity index (χ0v) is 13.3. The number of carbonyl (C=O) groups is 1. The standard InChI is InChI=1S/C18H28O/c1-13(2)15-7-9-16(10-8-15)17(19)11-14(3)12-18(4,5)6/h7-10,13-14H,11-12H2,1-6H3. The summed E-state index contributed by atoms with van der Waals surface area (Å²) in [4.78, 5) is 12.2. The van der Waals surface area contributed by atoms with Crippen LogP contribution in [0.2, 0.25) is 0 Å². The first-order valence-electron chi connectivity index (χ1n) is 7.32. The second-order valence-corrected chi connectivity index (χ2v) is 7.27. The van der Waals surface area contributed by atoms with Gasteiger partial charge in [-0.15, -0.1) is 0 Å². The zero-order chi connectivity index (χ0) is 14.6. The Hall–Kier alpha value is -1.11. The van der Waals surface area contributed by atoms with Gasteiger partial charge in [0.15, 0.2) is 5.78 Å². The van der Waals surface area contributed by atoms with Crippen LogP contribution in [0.25, 0.3) is 0 Å². The van der Waals surface area contributed by atoms with Gasteiger partial charge < -0.3 is 0 Å². The SMILES string of the molecule is CC(CC(=O)c1ccc(C(C)C)cc1)CC(C)(C)C. The second-order valence-electron chi connectivity index (χ2n) is 7.27. The lowest BCUT2D eigenvalue weighted by molar-refractivity contribution is 0.0954. The maximum Gasteiger partial charge on any atom is 0.163 e. The second kappa shape index (κ2) is 6.36. The fraction of sp³-hybridized carbons (Fsp3) is 0.611. The van der Waals surface area contributed by atoms with E-state index in [1.807, 2.05) is 12.1 Å². The van der Waals surface area contributed by atoms with Crippen LogP contribution in [-0.4, -0.2) is 5.78 Å². The predicted molar refractivity (Wildman–Crippen MR) is 82.7 cm³/mol. The molecule has 0 amide bonds. The van der Waals surface area contributed by atoms with Crippen molar-refractivity contribution in [1.29, 1.82) is 0 Å². The number of hydrogen-bond donors (Lipinski definition) is 0. The number of Topliss-reactive ketones (excluding diaryl/α,β-unsaturated/α-hetero) is 1. The van der Waals surface area contributed by atoms with Crippen molar-refractivity contribution in [2.24, 2.45) is 11.3 Å². The molecule has 0 saturated carbocycles. The minimum absolute atomic E-state index is 0.270. The van der Waals surface area contributed by atoms with E-state index >= 15 is 0 Å². The van der Waals surface area contributed by atoms with Crippen molar-refractivity contribution in [2.45, 2.75) is 60.3 Å². The third-order valence-corrected chi connectivity index (χ3v) is 3.39. The number of rotatable bonds is 5. The number of ketones is 1. The Kier molecular flexibility index (Phi) is 5.34. The van der Waals surface area contributed by atoms with Gasteiger partial charge in [-0.1, -0.05) is 65.8 Å². The third-order valence-electron chi connectivity index (χ3n) is 3.39. The number of carbonyl (C=O) groups excluding carboxylic acids is 1. The molecule has 0 fully saturated rings. The summed E-state index contributed by atoms with van der Waals surface area (Å²) in [5, 5.41) is 0. The van der Waals surface area contributed by atoms with Gasteiger partial charge in [0.2, 0.25) is 0 Å². The van der Waals surface area contributed by atoms with Crippen molar-refractivity contribution < 1.29 is 4.79 Å². The van der Waals surface area contributed by atoms with E-state index in [-0.39, 0.29) is 5.78 Å². The van der Waals surface area contributed by atoms with Gasteiger partial charge in [-0.2, -0.15) is 0 Å². The van der Waals surface area contributed by atoms with Crippen molar-refractivity contribution in [3.63, 3.8) is 0 Å². The molecule has 0 aliphatic carbocycles. The van der Waals surface area contributed by atoms with E-state index in [0.717, 1.165) is 12.0 Å². The molecule has 0 aliphatic rings. The van der Waals surface area contributed by atoms with Crippen molar-refractivity contribution in [3.05, 3.63) is 35.4 Å². The Morgan fingerprint density at radius 2 is 1.58 bits per heavy atom. The van der Waals surface area contributed by atoms with Crippen LogP contribution in [-0.2, 0) is 0 Å². The summed E-state index contributed by atoms with van der Waals surface area (Å²) >= 11 is 0. The number of benzene rings is 1. The van der Waals surface area contributed by atoms with Gasteiger partial charge in [-0.05, 0) is 29.2 Å². The molecule has 1 heteroatoms. The summed E-state index contributed by atoms with van der Waals surface area (Å²) in [7, 11) is 0. The van der Waals surface area contributed by atoms with Gasteiger partial charge in [0.1, 0.15) is 0 Å². The van der Waals surface area contributed by atoms with Crippen LogP contribution in [0.15, 0.2) is 24.3 Å². The van der Waals surface area contributed by atoms with E-state index in [1.54, 1.807) is 0 Å². The minimum Gasteiger partial charge on any atom is -0.294 e. The van der Waals surface area contributed by atoms with Crippen LogP contribution in [0.4, 0.5) is 0 Å². The molecule has 0 heterocycles. The Balaban J connectivity index is 2.63. The molecule has 1 unspecified atom stereocenters. The van der Waals surface area contributed by atoms with E-state index in [4.69, 9.17) is 0 Å². The van der Waals surface area contributed by atoms with Gasteiger partial charge in [-0.3, -0.25) is 4.79 Å². The fourth-order valence-corrected chi connectivity index (χ4v) is 2.61. The molecule has 1 aromatic rings. The van der Waals surface area contributed by atoms with E-state index < -0.39 is 0 Å². The highest BCUT2D eigenvalue weighted by atomic mass is 16.1. The summed E-state index contributed by atoms with van der Waals surface area (Å²) in [5.41, 5.74) is 2.44. The van der Waals surface area contributed by atoms with Crippen molar-refractivity contribution in [2.75, 3.05) is 0 Å². The van der Waals surface area contributed by atoms with E-state index in [0.29, 0.717) is 23.7 Å². The van der Waals surface area contributed by atoms with Crippen molar-refractivity contribution in [1.82, 2.24) is 0 Å². The molecule has 1 atom stereocenters. The molecule has 19 heavy (non-hydrogen) atoms. The van der Waals surface area contributed by atoms with Gasteiger partial charge in [0.25, 0.3) is 0 Å². The molecular formula is C18H28O. The quantitative estimate of drug-likeness (QED) is 0.643. The molecule has 0 saturated heterocycles. The maximum atomic E-state index is 12.2. The highest BCUT2D eigenvalue weighted by molar-refractivity contribution is 5.96. The third kappa shape index (κ3) is 5.59. The summed E-state index contributed by atoms with van der Waals surface area (Å²) in [5.74, 6) is 1.23. The highest BCUT2D eigenvalue weighted by Crippen LogP contribution is 2.27. The molecule has 1 aromatic carbocycles. The van der Waals surface area contributed by atoms with Gasteiger partial charge in [-0.25, -0.2) is 0 Å². The lowest BCUT2D eigenvalue weighted by Gasteiger charge is -2.22. The summed E-state index contributed by atoms with van der Waals surface area (Å²) in [6.07, 6.45) is 1.74. The van der Waals surface area contributed by atoms with Crippen LogP contribution in [0.5, 0.6) is 0 Å². The molecule has 0 N–H and O–H groups in total. The van der Waals surface area contributed by atoms with Crippen molar-refractivity contribution in [3.8, 4) is 0 Å². The van der Waals surface area contributed by atoms with Crippen LogP contribution in [0, 0.1) is 11.3 Å². The normalized spacial score (nSPS) is 13.6. The molecule has 0 spiro atoms. The topological polar surface area (TPSA) is 17.1 Å². The smallest absolute Gasteiger partial charge is 0.163 e. The molecular weight excluding hydrogens is 232 g/mol. The van der Waals surface area contributed by atoms with Crippen LogP contribution < -0.4 is 0 Å². The van der Waals surface area contributed by atoms with Gasteiger partial charge in [0, 0.05) is 12.0 Å². The Bertz CT molecular complexity index is 406. The average Bonchev–Trinajstić information content (AvgIpc) is 2.26. The van der Waals surface area contributed by atoms with Gasteiger partial charge >= 0.3 is 0 Å². The molecule has 0 radical (unpaired) electrons. The Morgan fingerprint density at radius 3 is 2.00 bits per heavy atom. The van der Waals surface area contributed by atoms with E-state index in [9.17, 15) is 4.79 Å². The lowest BCUT2D eigenvalue weighted by Crippen LogP contribution is -2.14. The van der Waals surface area contributed by atoms with Gasteiger partial charge in [0.05, 0.1) is 0 Å². The molecule has 0 bridgehead atoms. The Labute approximate surface area is 118 Å². The highest BCUT2D eigenvalue weighted by Gasteiger charge is 2.18. The Morgan fingerprint density at radius 1 is 1.05 bits per heavy atom. The van der Waals surface area contributed by atoms with Crippen LogP contribution >= 0.6 is 0 Å². The largest absolute Gasteiger partial charge is 0.294 e. The zero-order valence-electron chi connectivity index (χ0n) is 13.3. The van der Waals surface area contributed by atoms with Crippen LogP contribution in [0.3, 0.4) is 0 Å². The lowest BCUT2D eigenvalue weighted by atomic mass is 9.83. The monoisotopic (exact) mass is 260 g/mol. The predicted octanol–water partition coefficient (Wildman–Crippen LogP) is 5.46. The number of hydrogen-bond acceptors (Lipinski definition) is 1. The molecule has 1 rings (SSSR count). The molecule has 1 nitrogen and oxygen atoms in total. The fourth-order valence-electron chi connectivity index (χ4n) is 2.61. The van der Waals surface area contributed by atoms with Crippen LogP contribution in [0.1, 0.15) is 76.2 Å². The summed E-state index contributed by atoms with van der Waals surface area (Å²) < 4.78 is 0.